The first-order valence-electron chi connectivity index (χ1n) is 7.47. The van der Waals surface area contributed by atoms with Gasteiger partial charge < -0.3 is 10.3 Å². The Bertz CT molecular complexity index is 556. The number of nitrogens with zero attached hydrogens (tertiary/aromatic N) is 2. The molecule has 2 aromatic rings. The van der Waals surface area contributed by atoms with E-state index >= 15 is 0 Å². The van der Waals surface area contributed by atoms with Crippen molar-refractivity contribution in [3.05, 3.63) is 47.4 Å². The van der Waals surface area contributed by atoms with Gasteiger partial charge in [-0.15, -0.1) is 0 Å². The van der Waals surface area contributed by atoms with Crippen LogP contribution in [0.2, 0.25) is 0 Å². The summed E-state index contributed by atoms with van der Waals surface area (Å²) < 4.78 is 18.8. The maximum absolute atomic E-state index is 13.6. The van der Waals surface area contributed by atoms with E-state index < -0.39 is 0 Å². The Labute approximate surface area is 124 Å². The molecule has 0 amide bonds. The van der Waals surface area contributed by atoms with Crippen molar-refractivity contribution in [3.8, 4) is 0 Å². The minimum atomic E-state index is -0.238. The van der Waals surface area contributed by atoms with E-state index in [1.165, 1.54) is 6.07 Å². The topological polar surface area (TPSA) is 64.9 Å². The number of aromatic nitrogens is 2. The molecule has 114 valence electrons. The first kappa shape index (κ1) is 15.6. The molecule has 0 spiro atoms. The van der Waals surface area contributed by atoms with Gasteiger partial charge in [0.2, 0.25) is 5.89 Å². The Hall–Kier alpha value is -1.75. The molecule has 2 N–H and O–H groups in total. The molecular weight excluding hydrogens is 269 g/mol. The highest BCUT2D eigenvalue weighted by atomic mass is 19.1. The molecule has 4 nitrogen and oxygen atoms in total. The lowest BCUT2D eigenvalue weighted by molar-refractivity contribution is 0.351. The molecule has 0 aliphatic carbocycles. The molecule has 0 fully saturated rings. The third kappa shape index (κ3) is 4.63. The Balaban J connectivity index is 1.91. The summed E-state index contributed by atoms with van der Waals surface area (Å²) >= 11 is 0. The van der Waals surface area contributed by atoms with Crippen molar-refractivity contribution in [2.45, 2.75) is 39.0 Å². The summed E-state index contributed by atoms with van der Waals surface area (Å²) in [5.74, 6) is 1.51. The molecule has 0 saturated heterocycles. The van der Waals surface area contributed by atoms with Crippen LogP contribution in [0.15, 0.2) is 28.8 Å². The molecule has 1 aromatic carbocycles. The van der Waals surface area contributed by atoms with Gasteiger partial charge in [-0.2, -0.15) is 4.98 Å². The van der Waals surface area contributed by atoms with Crippen molar-refractivity contribution in [2.24, 2.45) is 11.7 Å². The van der Waals surface area contributed by atoms with Crippen molar-refractivity contribution in [1.29, 1.82) is 0 Å². The Kier molecular flexibility index (Phi) is 5.87. The quantitative estimate of drug-likeness (QED) is 0.811. The first-order valence-corrected chi connectivity index (χ1v) is 7.47. The van der Waals surface area contributed by atoms with Gasteiger partial charge in [-0.05, 0) is 36.9 Å². The second-order valence-corrected chi connectivity index (χ2v) is 5.26. The van der Waals surface area contributed by atoms with Gasteiger partial charge in [0, 0.05) is 12.8 Å². The van der Waals surface area contributed by atoms with Gasteiger partial charge in [-0.3, -0.25) is 0 Å². The summed E-state index contributed by atoms with van der Waals surface area (Å²) in [4.78, 5) is 4.34. The molecule has 5 heteroatoms. The fourth-order valence-electron chi connectivity index (χ4n) is 2.39. The molecule has 0 aliphatic heterocycles. The summed E-state index contributed by atoms with van der Waals surface area (Å²) in [5.41, 5.74) is 6.17. The van der Waals surface area contributed by atoms with Crippen molar-refractivity contribution >= 4 is 0 Å². The molecule has 0 bridgehead atoms. The van der Waals surface area contributed by atoms with Crippen LogP contribution in [0.25, 0.3) is 0 Å². The van der Waals surface area contributed by atoms with E-state index in [4.69, 9.17) is 10.3 Å². The highest BCUT2D eigenvalue weighted by Gasteiger charge is 2.12. The number of halogens is 1. The molecule has 0 radical (unpaired) electrons. The number of rotatable bonds is 8. The first-order chi connectivity index (χ1) is 10.2. The van der Waals surface area contributed by atoms with Crippen LogP contribution >= 0.6 is 0 Å². The fraction of sp³-hybridized carbons (Fsp3) is 0.500. The van der Waals surface area contributed by atoms with Crippen molar-refractivity contribution in [3.63, 3.8) is 0 Å². The normalized spacial score (nSPS) is 12.5. The van der Waals surface area contributed by atoms with Crippen molar-refractivity contribution in [1.82, 2.24) is 10.1 Å². The number of aryl methyl sites for hydroxylation is 1. The zero-order chi connectivity index (χ0) is 15.1. The third-order valence-electron chi connectivity index (χ3n) is 3.74. The van der Waals surface area contributed by atoms with Gasteiger partial charge in [-0.1, -0.05) is 36.7 Å². The number of hydrogen-bond donors (Lipinski definition) is 1. The van der Waals surface area contributed by atoms with Gasteiger partial charge in [0.25, 0.3) is 0 Å². The van der Waals surface area contributed by atoms with Crippen LogP contribution in [0.4, 0.5) is 4.39 Å². The summed E-state index contributed by atoms with van der Waals surface area (Å²) in [6, 6.07) is 6.65. The second-order valence-electron chi connectivity index (χ2n) is 5.26. The lowest BCUT2D eigenvalue weighted by Crippen LogP contribution is -2.09. The highest BCUT2D eigenvalue weighted by molar-refractivity contribution is 5.20. The van der Waals surface area contributed by atoms with Gasteiger partial charge in [0.1, 0.15) is 5.82 Å². The van der Waals surface area contributed by atoms with Gasteiger partial charge in [0.05, 0.1) is 0 Å². The van der Waals surface area contributed by atoms with Crippen LogP contribution in [0.1, 0.15) is 43.5 Å². The summed E-state index contributed by atoms with van der Waals surface area (Å²) in [7, 11) is 0. The molecule has 1 aromatic heterocycles. The van der Waals surface area contributed by atoms with Crippen LogP contribution in [-0.2, 0) is 12.8 Å². The molecule has 21 heavy (non-hydrogen) atoms. The van der Waals surface area contributed by atoms with Crippen molar-refractivity contribution in [2.75, 3.05) is 6.54 Å². The minimum absolute atomic E-state index is 0.238. The molecule has 2 rings (SSSR count). The SMILES string of the molecule is CCC(CCN)CCc1nc(Cc2ccccc2F)no1. The number of benzene rings is 1. The summed E-state index contributed by atoms with van der Waals surface area (Å²) in [5, 5.41) is 3.92. The lowest BCUT2D eigenvalue weighted by atomic mass is 9.97. The molecule has 1 atom stereocenters. The van der Waals surface area contributed by atoms with Crippen LogP contribution < -0.4 is 5.73 Å². The number of nitrogens with two attached hydrogens (primary N) is 1. The standard InChI is InChI=1S/C16H22FN3O/c1-2-12(9-10-18)7-8-16-19-15(20-21-16)11-13-5-3-4-6-14(13)17/h3-6,12H,2,7-11,18H2,1H3. The number of hydrogen-bond acceptors (Lipinski definition) is 4. The van der Waals surface area contributed by atoms with Crippen LogP contribution in [0, 0.1) is 11.7 Å². The summed E-state index contributed by atoms with van der Waals surface area (Å²) in [6.07, 6.45) is 4.23. The van der Waals surface area contributed by atoms with E-state index in [0.717, 1.165) is 25.7 Å². The molecule has 0 saturated carbocycles. The molecule has 1 unspecified atom stereocenters. The monoisotopic (exact) mass is 291 g/mol. The van der Waals surface area contributed by atoms with E-state index in [0.29, 0.717) is 36.2 Å². The van der Waals surface area contributed by atoms with Crippen LogP contribution in [0.5, 0.6) is 0 Å². The smallest absolute Gasteiger partial charge is 0.226 e. The van der Waals surface area contributed by atoms with E-state index in [1.807, 2.05) is 0 Å². The highest BCUT2D eigenvalue weighted by Crippen LogP contribution is 2.16. The molecule has 1 heterocycles. The van der Waals surface area contributed by atoms with E-state index in [-0.39, 0.29) is 5.82 Å². The van der Waals surface area contributed by atoms with Crippen LogP contribution in [-0.4, -0.2) is 16.7 Å². The van der Waals surface area contributed by atoms with Gasteiger partial charge >= 0.3 is 0 Å². The van der Waals surface area contributed by atoms with Gasteiger partial charge in [-0.25, -0.2) is 4.39 Å². The average molecular weight is 291 g/mol. The predicted octanol–water partition coefficient (Wildman–Crippen LogP) is 3.11. The predicted molar refractivity (Wildman–Crippen MR) is 79.3 cm³/mol. The van der Waals surface area contributed by atoms with E-state index in [1.54, 1.807) is 18.2 Å². The minimum Gasteiger partial charge on any atom is -0.339 e. The summed E-state index contributed by atoms with van der Waals surface area (Å²) in [6.45, 7) is 2.87. The maximum atomic E-state index is 13.6. The maximum Gasteiger partial charge on any atom is 0.226 e. The van der Waals surface area contributed by atoms with E-state index in [2.05, 4.69) is 17.1 Å². The largest absolute Gasteiger partial charge is 0.339 e. The van der Waals surface area contributed by atoms with Crippen LogP contribution in [0.3, 0.4) is 0 Å². The zero-order valence-corrected chi connectivity index (χ0v) is 12.4. The average Bonchev–Trinajstić information content (AvgIpc) is 2.93. The Morgan fingerprint density at radius 3 is 2.81 bits per heavy atom. The molecular formula is C16H22FN3O. The fourth-order valence-corrected chi connectivity index (χ4v) is 2.39. The Morgan fingerprint density at radius 1 is 1.29 bits per heavy atom. The van der Waals surface area contributed by atoms with Crippen molar-refractivity contribution < 1.29 is 8.91 Å². The zero-order valence-electron chi connectivity index (χ0n) is 12.4. The lowest BCUT2D eigenvalue weighted by Gasteiger charge is -2.11. The third-order valence-corrected chi connectivity index (χ3v) is 3.74. The van der Waals surface area contributed by atoms with E-state index in [9.17, 15) is 4.39 Å². The Morgan fingerprint density at radius 2 is 2.10 bits per heavy atom. The second kappa shape index (κ2) is 7.88. The molecule has 0 aliphatic rings. The van der Waals surface area contributed by atoms with Gasteiger partial charge in [0.15, 0.2) is 5.82 Å².